The van der Waals surface area contributed by atoms with E-state index in [2.05, 4.69) is 10.9 Å². The first-order valence-electron chi connectivity index (χ1n) is 5.67. The van der Waals surface area contributed by atoms with Crippen LogP contribution < -0.4 is 16.4 Å². The Labute approximate surface area is 112 Å². The van der Waals surface area contributed by atoms with E-state index in [1.807, 2.05) is 0 Å². The Morgan fingerprint density at radius 2 is 1.70 bits per heavy atom. The van der Waals surface area contributed by atoms with Gasteiger partial charge < -0.3 is 4.57 Å². The molecule has 0 bridgehead atoms. The van der Waals surface area contributed by atoms with Gasteiger partial charge in [-0.25, -0.2) is 8.78 Å². The van der Waals surface area contributed by atoms with Crippen LogP contribution in [0.1, 0.15) is 10.5 Å². The lowest BCUT2D eigenvalue weighted by molar-refractivity contribution is 0.0953. The maximum Gasteiger partial charge on any atom is 0.286 e. The van der Waals surface area contributed by atoms with E-state index < -0.39 is 23.2 Å². The van der Waals surface area contributed by atoms with Crippen LogP contribution in [-0.2, 0) is 7.05 Å². The molecule has 7 heteroatoms. The van der Waals surface area contributed by atoms with Crippen LogP contribution >= 0.6 is 0 Å². The Balaban J connectivity index is 2.17. The molecule has 2 aromatic rings. The summed E-state index contributed by atoms with van der Waals surface area (Å²) in [6.45, 7) is 0. The number of hydrazine groups is 1. The highest BCUT2D eigenvalue weighted by molar-refractivity contribution is 5.93. The molecule has 5 nitrogen and oxygen atoms in total. The molecule has 0 saturated carbocycles. The molecule has 0 unspecified atom stereocenters. The van der Waals surface area contributed by atoms with Crippen LogP contribution in [0, 0.1) is 11.6 Å². The molecule has 104 valence electrons. The summed E-state index contributed by atoms with van der Waals surface area (Å²) in [6.07, 6.45) is 0. The maximum absolute atomic E-state index is 13.3. The summed E-state index contributed by atoms with van der Waals surface area (Å²) < 4.78 is 27.8. The van der Waals surface area contributed by atoms with Crippen molar-refractivity contribution in [1.29, 1.82) is 0 Å². The van der Waals surface area contributed by atoms with Crippen molar-refractivity contribution in [3.8, 4) is 0 Å². The highest BCUT2D eigenvalue weighted by Crippen LogP contribution is 2.16. The molecule has 2 N–H and O–H groups in total. The van der Waals surface area contributed by atoms with Gasteiger partial charge >= 0.3 is 0 Å². The molecular formula is C13H11F2N3O2. The lowest BCUT2D eigenvalue weighted by atomic mass is 10.3. The second-order valence-electron chi connectivity index (χ2n) is 3.98. The van der Waals surface area contributed by atoms with E-state index in [0.29, 0.717) is 0 Å². The molecular weight excluding hydrogens is 268 g/mol. The van der Waals surface area contributed by atoms with Crippen LogP contribution in [0.15, 0.2) is 41.2 Å². The average Bonchev–Trinajstić information content (AvgIpc) is 2.41. The van der Waals surface area contributed by atoms with Crippen LogP contribution in [-0.4, -0.2) is 10.5 Å². The molecule has 1 amide bonds. The SMILES string of the molecule is Cn1c(C(=O)NNc2c(F)cccc2F)cccc1=O. The van der Waals surface area contributed by atoms with E-state index in [4.69, 9.17) is 0 Å². The number of rotatable bonds is 3. The van der Waals surface area contributed by atoms with Gasteiger partial charge in [-0.05, 0) is 18.2 Å². The fourth-order valence-corrected chi connectivity index (χ4v) is 1.59. The number of hydrogen-bond acceptors (Lipinski definition) is 3. The topological polar surface area (TPSA) is 63.1 Å². The van der Waals surface area contributed by atoms with E-state index in [-0.39, 0.29) is 11.3 Å². The molecule has 20 heavy (non-hydrogen) atoms. The molecule has 1 heterocycles. The zero-order valence-electron chi connectivity index (χ0n) is 10.5. The van der Waals surface area contributed by atoms with Crippen LogP contribution in [0.4, 0.5) is 14.5 Å². The van der Waals surface area contributed by atoms with Crippen molar-refractivity contribution in [3.05, 3.63) is 64.1 Å². The van der Waals surface area contributed by atoms with Crippen molar-refractivity contribution in [2.24, 2.45) is 7.05 Å². The van der Waals surface area contributed by atoms with Gasteiger partial charge in [-0.2, -0.15) is 0 Å². The second-order valence-corrected chi connectivity index (χ2v) is 3.98. The molecule has 1 aromatic carbocycles. The van der Waals surface area contributed by atoms with Gasteiger partial charge in [0.15, 0.2) is 11.6 Å². The molecule has 0 spiro atoms. The monoisotopic (exact) mass is 279 g/mol. The van der Waals surface area contributed by atoms with Crippen molar-refractivity contribution in [1.82, 2.24) is 9.99 Å². The number of pyridine rings is 1. The number of nitrogens with zero attached hydrogens (tertiary/aromatic N) is 1. The van der Waals surface area contributed by atoms with E-state index in [0.717, 1.165) is 16.7 Å². The summed E-state index contributed by atoms with van der Waals surface area (Å²) in [7, 11) is 1.42. The summed E-state index contributed by atoms with van der Waals surface area (Å²) in [6, 6.07) is 7.43. The lowest BCUT2D eigenvalue weighted by Gasteiger charge is -2.11. The minimum Gasteiger partial charge on any atom is -0.307 e. The first-order chi connectivity index (χ1) is 9.50. The maximum atomic E-state index is 13.3. The predicted molar refractivity (Wildman–Crippen MR) is 69.1 cm³/mol. The van der Waals surface area contributed by atoms with E-state index in [9.17, 15) is 18.4 Å². The largest absolute Gasteiger partial charge is 0.307 e. The van der Waals surface area contributed by atoms with Crippen LogP contribution in [0.5, 0.6) is 0 Å². The van der Waals surface area contributed by atoms with Crippen molar-refractivity contribution in [3.63, 3.8) is 0 Å². The van der Waals surface area contributed by atoms with E-state index in [1.165, 1.54) is 31.3 Å². The summed E-state index contributed by atoms with van der Waals surface area (Å²) >= 11 is 0. The summed E-state index contributed by atoms with van der Waals surface area (Å²) in [5.41, 5.74) is 3.52. The van der Waals surface area contributed by atoms with E-state index >= 15 is 0 Å². The summed E-state index contributed by atoms with van der Waals surface area (Å²) in [5.74, 6) is -2.37. The Hall–Kier alpha value is -2.70. The number of carbonyl (C=O) groups excluding carboxylic acids is 1. The van der Waals surface area contributed by atoms with Gasteiger partial charge in [0, 0.05) is 13.1 Å². The number of nitrogens with one attached hydrogen (secondary N) is 2. The van der Waals surface area contributed by atoms with Crippen LogP contribution in [0.25, 0.3) is 0 Å². The van der Waals surface area contributed by atoms with Crippen molar-refractivity contribution < 1.29 is 13.6 Å². The molecule has 0 atom stereocenters. The Morgan fingerprint density at radius 3 is 2.35 bits per heavy atom. The number of carbonyl (C=O) groups is 1. The molecule has 0 fully saturated rings. The standard InChI is InChI=1S/C13H11F2N3O2/c1-18-10(6-3-7-11(18)19)13(20)17-16-12-8(14)4-2-5-9(12)15/h2-7,16H,1H3,(H,17,20). The first kappa shape index (κ1) is 13.7. The summed E-state index contributed by atoms with van der Waals surface area (Å²) in [4.78, 5) is 23.2. The number of aromatic nitrogens is 1. The third kappa shape index (κ3) is 2.66. The number of benzene rings is 1. The van der Waals surface area contributed by atoms with Crippen molar-refractivity contribution >= 4 is 11.6 Å². The quantitative estimate of drug-likeness (QED) is 0.835. The highest BCUT2D eigenvalue weighted by atomic mass is 19.1. The number of hydrogen-bond donors (Lipinski definition) is 2. The van der Waals surface area contributed by atoms with Gasteiger partial charge in [0.25, 0.3) is 11.5 Å². The van der Waals surface area contributed by atoms with Gasteiger partial charge in [-0.3, -0.25) is 20.4 Å². The smallest absolute Gasteiger partial charge is 0.286 e. The number of para-hydroxylation sites is 1. The molecule has 0 aliphatic carbocycles. The Bertz CT molecular complexity index is 693. The van der Waals surface area contributed by atoms with Gasteiger partial charge in [0.05, 0.1) is 0 Å². The lowest BCUT2D eigenvalue weighted by Crippen LogP contribution is -2.34. The molecule has 1 aromatic heterocycles. The predicted octanol–water partition coefficient (Wildman–Crippen LogP) is 1.42. The zero-order chi connectivity index (χ0) is 14.7. The molecule has 2 rings (SSSR count). The Kier molecular flexibility index (Phi) is 3.79. The van der Waals surface area contributed by atoms with Gasteiger partial charge in [0.2, 0.25) is 0 Å². The highest BCUT2D eigenvalue weighted by Gasteiger charge is 2.12. The zero-order valence-corrected chi connectivity index (χ0v) is 10.5. The van der Waals surface area contributed by atoms with Crippen molar-refractivity contribution in [2.75, 3.05) is 5.43 Å². The second kappa shape index (κ2) is 5.52. The minimum atomic E-state index is -0.841. The number of anilines is 1. The van der Waals surface area contributed by atoms with Crippen molar-refractivity contribution in [2.45, 2.75) is 0 Å². The first-order valence-corrected chi connectivity index (χ1v) is 5.67. The molecule has 0 aliphatic rings. The van der Waals surface area contributed by atoms with Crippen LogP contribution in [0.3, 0.4) is 0 Å². The average molecular weight is 279 g/mol. The third-order valence-corrected chi connectivity index (χ3v) is 2.68. The molecule has 0 radical (unpaired) electrons. The number of amides is 1. The van der Waals surface area contributed by atoms with Gasteiger partial charge in [-0.1, -0.05) is 12.1 Å². The number of halogens is 2. The molecule has 0 saturated heterocycles. The molecule has 0 aliphatic heterocycles. The van der Waals surface area contributed by atoms with Crippen LogP contribution in [0.2, 0.25) is 0 Å². The van der Waals surface area contributed by atoms with Gasteiger partial charge in [0.1, 0.15) is 11.4 Å². The minimum absolute atomic E-state index is 0.0572. The van der Waals surface area contributed by atoms with E-state index in [1.54, 1.807) is 0 Å². The fourth-order valence-electron chi connectivity index (χ4n) is 1.59. The summed E-state index contributed by atoms with van der Waals surface area (Å²) in [5, 5.41) is 0. The third-order valence-electron chi connectivity index (χ3n) is 2.68. The fraction of sp³-hybridized carbons (Fsp3) is 0.0769. The normalized spacial score (nSPS) is 10.2. The van der Waals surface area contributed by atoms with Gasteiger partial charge in [-0.15, -0.1) is 0 Å². The Morgan fingerprint density at radius 1 is 1.10 bits per heavy atom.